The fourth-order valence-electron chi connectivity index (χ4n) is 1.33. The van der Waals surface area contributed by atoms with Crippen molar-refractivity contribution in [3.8, 4) is 0 Å². The Morgan fingerprint density at radius 1 is 1.71 bits per heavy atom. The molecule has 1 rings (SSSR count). The molecule has 1 aromatic heterocycles. The average molecular weight is 194 g/mol. The lowest BCUT2D eigenvalue weighted by Gasteiger charge is -2.12. The molecule has 1 heterocycles. The summed E-state index contributed by atoms with van der Waals surface area (Å²) in [4.78, 5) is 15.0. The maximum Gasteiger partial charge on any atom is 0.337 e. The smallest absolute Gasteiger partial charge is 0.337 e. The fourth-order valence-corrected chi connectivity index (χ4v) is 1.33. The van der Waals surface area contributed by atoms with Gasteiger partial charge in [-0.1, -0.05) is 6.92 Å². The minimum absolute atomic E-state index is 0.238. The number of nitrogens with zero attached hydrogens (tertiary/aromatic N) is 1. The van der Waals surface area contributed by atoms with Crippen molar-refractivity contribution in [3.63, 3.8) is 0 Å². The zero-order valence-corrected chi connectivity index (χ0v) is 8.32. The third kappa shape index (κ3) is 1.90. The molecule has 76 valence electrons. The molecular formula is C10H14N2O2. The van der Waals surface area contributed by atoms with Gasteiger partial charge in [0, 0.05) is 12.2 Å². The van der Waals surface area contributed by atoms with E-state index in [0.29, 0.717) is 17.7 Å². The van der Waals surface area contributed by atoms with Crippen LogP contribution >= 0.6 is 0 Å². The molecule has 0 amide bonds. The van der Waals surface area contributed by atoms with Crippen LogP contribution in [0.1, 0.15) is 41.0 Å². The summed E-state index contributed by atoms with van der Waals surface area (Å²) in [6, 6.07) is 1.37. The Morgan fingerprint density at radius 2 is 2.36 bits per heavy atom. The molecule has 0 unspecified atom stereocenters. The van der Waals surface area contributed by atoms with E-state index in [2.05, 4.69) is 4.98 Å². The molecule has 0 fully saturated rings. The summed E-state index contributed by atoms with van der Waals surface area (Å²) in [5.74, 6) is -0.963. The Bertz CT molecular complexity index is 350. The fraction of sp³-hybridized carbons (Fsp3) is 0.400. The highest BCUT2D eigenvalue weighted by Gasteiger charge is 2.18. The molecule has 0 radical (unpaired) electrons. The first-order valence-corrected chi connectivity index (χ1v) is 4.52. The maximum atomic E-state index is 11.0. The zero-order valence-electron chi connectivity index (χ0n) is 8.32. The van der Waals surface area contributed by atoms with Gasteiger partial charge in [-0.2, -0.15) is 0 Å². The van der Waals surface area contributed by atoms with Crippen molar-refractivity contribution >= 4 is 5.97 Å². The molecule has 0 aromatic carbocycles. The Morgan fingerprint density at radius 3 is 2.86 bits per heavy atom. The van der Waals surface area contributed by atoms with Gasteiger partial charge in [0.1, 0.15) is 0 Å². The summed E-state index contributed by atoms with van der Waals surface area (Å²) in [7, 11) is 0. The van der Waals surface area contributed by atoms with E-state index in [1.807, 2.05) is 6.92 Å². The van der Waals surface area contributed by atoms with Crippen LogP contribution in [0.25, 0.3) is 0 Å². The molecule has 1 atom stereocenters. The second-order valence-electron chi connectivity index (χ2n) is 3.21. The van der Waals surface area contributed by atoms with E-state index in [0.717, 1.165) is 0 Å². The van der Waals surface area contributed by atoms with Crippen molar-refractivity contribution in [2.45, 2.75) is 26.3 Å². The molecular weight excluding hydrogens is 180 g/mol. The molecule has 0 aliphatic heterocycles. The minimum Gasteiger partial charge on any atom is -0.478 e. The van der Waals surface area contributed by atoms with E-state index in [1.165, 1.54) is 0 Å². The van der Waals surface area contributed by atoms with Crippen molar-refractivity contribution in [1.29, 1.82) is 0 Å². The highest BCUT2D eigenvalue weighted by Crippen LogP contribution is 2.19. The van der Waals surface area contributed by atoms with Gasteiger partial charge in [-0.25, -0.2) is 4.79 Å². The van der Waals surface area contributed by atoms with Crippen molar-refractivity contribution in [2.75, 3.05) is 0 Å². The number of pyridine rings is 1. The van der Waals surface area contributed by atoms with Gasteiger partial charge in [-0.3, -0.25) is 4.98 Å². The van der Waals surface area contributed by atoms with Gasteiger partial charge in [0.15, 0.2) is 0 Å². The molecule has 4 heteroatoms. The van der Waals surface area contributed by atoms with E-state index in [9.17, 15) is 4.79 Å². The van der Waals surface area contributed by atoms with E-state index in [4.69, 9.17) is 10.8 Å². The zero-order chi connectivity index (χ0) is 10.7. The number of aromatic carboxylic acids is 1. The van der Waals surface area contributed by atoms with E-state index >= 15 is 0 Å². The van der Waals surface area contributed by atoms with Crippen LogP contribution in [0.2, 0.25) is 0 Å². The number of aryl methyl sites for hydroxylation is 1. The summed E-state index contributed by atoms with van der Waals surface area (Å²) in [5, 5.41) is 9.00. The van der Waals surface area contributed by atoms with Gasteiger partial charge in [-0.05, 0) is 25.0 Å². The summed E-state index contributed by atoms with van der Waals surface area (Å²) >= 11 is 0. The van der Waals surface area contributed by atoms with Crippen LogP contribution in [-0.4, -0.2) is 16.1 Å². The van der Waals surface area contributed by atoms with Gasteiger partial charge in [0.25, 0.3) is 0 Å². The largest absolute Gasteiger partial charge is 0.478 e. The highest BCUT2D eigenvalue weighted by atomic mass is 16.4. The first-order valence-electron chi connectivity index (χ1n) is 4.52. The third-order valence-electron chi connectivity index (χ3n) is 2.19. The predicted octanol–water partition coefficient (Wildman–Crippen LogP) is 1.50. The number of aromatic nitrogens is 1. The lowest BCUT2D eigenvalue weighted by atomic mass is 10.0. The van der Waals surface area contributed by atoms with Crippen LogP contribution in [0, 0.1) is 6.92 Å². The monoisotopic (exact) mass is 194 g/mol. The van der Waals surface area contributed by atoms with Crippen LogP contribution in [0.15, 0.2) is 12.3 Å². The quantitative estimate of drug-likeness (QED) is 0.764. The number of hydrogen-bond acceptors (Lipinski definition) is 3. The number of nitrogens with two attached hydrogens (primary N) is 1. The van der Waals surface area contributed by atoms with Gasteiger partial charge in [0.2, 0.25) is 0 Å². The molecule has 0 bridgehead atoms. The van der Waals surface area contributed by atoms with Crippen molar-refractivity contribution in [2.24, 2.45) is 5.73 Å². The minimum atomic E-state index is -0.963. The Labute approximate surface area is 82.8 Å². The Balaban J connectivity index is 3.28. The average Bonchev–Trinajstić information content (AvgIpc) is 2.15. The van der Waals surface area contributed by atoms with Gasteiger partial charge in [0.05, 0.1) is 11.3 Å². The summed E-state index contributed by atoms with van der Waals surface area (Å²) < 4.78 is 0. The lowest BCUT2D eigenvalue weighted by Crippen LogP contribution is -2.17. The van der Waals surface area contributed by atoms with Gasteiger partial charge < -0.3 is 10.8 Å². The molecule has 0 saturated heterocycles. The van der Waals surface area contributed by atoms with E-state index < -0.39 is 5.97 Å². The van der Waals surface area contributed by atoms with Crippen molar-refractivity contribution < 1.29 is 9.90 Å². The topological polar surface area (TPSA) is 76.2 Å². The molecule has 0 aliphatic rings. The standard InChI is InChI=1S/C10H14N2O2/c1-3-7(11)9-8(10(13)14)6(2)4-5-12-9/h4-5,7H,3,11H2,1-2H3,(H,13,14)/t7-/m1/s1. The number of rotatable bonds is 3. The molecule has 0 saturated carbocycles. The molecule has 0 aliphatic carbocycles. The normalized spacial score (nSPS) is 12.5. The van der Waals surface area contributed by atoms with Crippen LogP contribution in [0.4, 0.5) is 0 Å². The maximum absolute atomic E-state index is 11.0. The summed E-state index contributed by atoms with van der Waals surface area (Å²) in [6.07, 6.45) is 2.27. The van der Waals surface area contributed by atoms with E-state index in [1.54, 1.807) is 19.2 Å². The molecule has 14 heavy (non-hydrogen) atoms. The second-order valence-corrected chi connectivity index (χ2v) is 3.21. The van der Waals surface area contributed by atoms with Crippen LogP contribution in [-0.2, 0) is 0 Å². The van der Waals surface area contributed by atoms with Gasteiger partial charge in [-0.15, -0.1) is 0 Å². The highest BCUT2D eigenvalue weighted by molar-refractivity contribution is 5.90. The van der Waals surface area contributed by atoms with Crippen molar-refractivity contribution in [3.05, 3.63) is 29.1 Å². The summed E-state index contributed by atoms with van der Waals surface area (Å²) in [6.45, 7) is 3.65. The Hall–Kier alpha value is -1.42. The molecule has 1 aromatic rings. The van der Waals surface area contributed by atoms with Crippen LogP contribution < -0.4 is 5.73 Å². The number of carbonyl (C=O) groups is 1. The third-order valence-corrected chi connectivity index (χ3v) is 2.19. The van der Waals surface area contributed by atoms with Crippen LogP contribution in [0.5, 0.6) is 0 Å². The molecule has 0 spiro atoms. The number of hydrogen-bond donors (Lipinski definition) is 2. The van der Waals surface area contributed by atoms with Crippen LogP contribution in [0.3, 0.4) is 0 Å². The predicted molar refractivity (Wildman–Crippen MR) is 53.2 cm³/mol. The van der Waals surface area contributed by atoms with Crippen molar-refractivity contribution in [1.82, 2.24) is 4.98 Å². The number of carboxylic acid groups (broad SMARTS) is 1. The SMILES string of the molecule is CC[C@@H](N)c1nccc(C)c1C(=O)O. The Kier molecular flexibility index (Phi) is 3.19. The van der Waals surface area contributed by atoms with Gasteiger partial charge >= 0.3 is 5.97 Å². The first-order chi connectivity index (χ1) is 6.57. The number of carboxylic acids is 1. The summed E-state index contributed by atoms with van der Waals surface area (Å²) in [5.41, 5.74) is 7.19. The lowest BCUT2D eigenvalue weighted by molar-refractivity contribution is 0.0693. The second kappa shape index (κ2) is 4.19. The molecule has 4 nitrogen and oxygen atoms in total. The van der Waals surface area contributed by atoms with E-state index in [-0.39, 0.29) is 11.6 Å². The molecule has 3 N–H and O–H groups in total. The first kappa shape index (κ1) is 10.7.